The summed E-state index contributed by atoms with van der Waals surface area (Å²) in [4.78, 5) is 0. The van der Waals surface area contributed by atoms with Gasteiger partial charge in [0.15, 0.2) is 17.2 Å². The fraction of sp³-hybridized carbons (Fsp3) is 0.300. The Balaban J connectivity index is 2.05. The first-order chi connectivity index (χ1) is 11.4. The summed E-state index contributed by atoms with van der Waals surface area (Å²) in [6.07, 6.45) is 2.25. The number of ether oxygens (including phenoxy) is 2. The van der Waals surface area contributed by atoms with Gasteiger partial charge in [-0.1, -0.05) is 18.2 Å². The van der Waals surface area contributed by atoms with Crippen LogP contribution in [0.5, 0.6) is 11.5 Å². The van der Waals surface area contributed by atoms with E-state index < -0.39 is 0 Å². The highest BCUT2D eigenvalue weighted by atomic mass is 16.5. The largest absolute Gasteiger partial charge is 0.493 e. The number of aromatic nitrogens is 1. The number of nitrogens with zero attached hydrogens (tertiary/aromatic N) is 2. The molecule has 0 amide bonds. The molecular weight excluding hydrogens is 300 g/mol. The predicted molar refractivity (Wildman–Crippen MR) is 100 cm³/mol. The van der Waals surface area contributed by atoms with Crippen LogP contribution in [-0.4, -0.2) is 39.9 Å². The van der Waals surface area contributed by atoms with Crippen LogP contribution in [0.4, 0.5) is 5.69 Å². The highest BCUT2D eigenvalue weighted by molar-refractivity contribution is 5.92. The summed E-state index contributed by atoms with van der Waals surface area (Å²) in [5, 5.41) is 1.30. The lowest BCUT2D eigenvalue weighted by Crippen LogP contribution is -2.34. The summed E-state index contributed by atoms with van der Waals surface area (Å²) in [5.41, 5.74) is 3.74. The molecule has 3 rings (SSSR count). The summed E-state index contributed by atoms with van der Waals surface area (Å²) in [6.45, 7) is 0.793. The molecule has 1 heterocycles. The molecule has 0 saturated heterocycles. The Morgan fingerprint density at radius 2 is 1.62 bits per heavy atom. The minimum absolute atomic E-state index is 0.755. The number of rotatable bonds is 5. The Morgan fingerprint density at radius 1 is 0.917 bits per heavy atom. The summed E-state index contributed by atoms with van der Waals surface area (Å²) in [7, 11) is 9.92. The first kappa shape index (κ1) is 16.4. The minimum atomic E-state index is 0.755. The van der Waals surface area contributed by atoms with Gasteiger partial charge in [-0.2, -0.15) is 0 Å². The van der Waals surface area contributed by atoms with E-state index in [1.54, 1.807) is 14.2 Å². The molecule has 0 aliphatic rings. The van der Waals surface area contributed by atoms with Crippen molar-refractivity contribution in [2.24, 2.45) is 0 Å². The van der Waals surface area contributed by atoms with E-state index in [9.17, 15) is 0 Å². The quantitative estimate of drug-likeness (QED) is 0.664. The van der Waals surface area contributed by atoms with Crippen LogP contribution in [0.2, 0.25) is 0 Å². The van der Waals surface area contributed by atoms with E-state index in [0.29, 0.717) is 0 Å². The zero-order valence-electron chi connectivity index (χ0n) is 15.0. The van der Waals surface area contributed by atoms with Crippen molar-refractivity contribution in [3.8, 4) is 11.5 Å². The lowest BCUT2D eigenvalue weighted by atomic mass is 10.2. The fourth-order valence-electron chi connectivity index (χ4n) is 3.07. The zero-order chi connectivity index (χ0) is 17.3. The van der Waals surface area contributed by atoms with Crippen LogP contribution in [0.3, 0.4) is 0 Å². The van der Waals surface area contributed by atoms with E-state index in [1.165, 1.54) is 22.2 Å². The number of methoxy groups -OCH3 is 2. The number of para-hydroxylation sites is 1. The highest BCUT2D eigenvalue weighted by Gasteiger charge is 2.20. The molecule has 24 heavy (non-hydrogen) atoms. The predicted octanol–water partition coefficient (Wildman–Crippen LogP) is 3.90. The third kappa shape index (κ3) is 2.97. The summed E-state index contributed by atoms with van der Waals surface area (Å²) in [6, 6.07) is 14.6. The Kier molecular flexibility index (Phi) is 4.24. The van der Waals surface area contributed by atoms with Crippen LogP contribution in [-0.2, 0) is 6.54 Å². The van der Waals surface area contributed by atoms with E-state index in [2.05, 4.69) is 62.2 Å². The maximum Gasteiger partial charge on any atom is 0.161 e. The van der Waals surface area contributed by atoms with Gasteiger partial charge in [0.05, 0.1) is 52.5 Å². The van der Waals surface area contributed by atoms with Gasteiger partial charge in [-0.3, -0.25) is 4.48 Å². The van der Waals surface area contributed by atoms with Crippen molar-refractivity contribution in [2.75, 3.05) is 35.4 Å². The molecule has 0 aliphatic carbocycles. The van der Waals surface area contributed by atoms with E-state index in [4.69, 9.17) is 9.47 Å². The van der Waals surface area contributed by atoms with Crippen molar-refractivity contribution >= 4 is 16.6 Å². The molecule has 2 aromatic carbocycles. The zero-order valence-corrected chi connectivity index (χ0v) is 15.0. The number of hydrogen-bond acceptors (Lipinski definition) is 2. The van der Waals surface area contributed by atoms with E-state index in [1.807, 2.05) is 12.1 Å². The molecule has 0 atom stereocenters. The van der Waals surface area contributed by atoms with Crippen molar-refractivity contribution in [1.29, 1.82) is 0 Å². The third-order valence-electron chi connectivity index (χ3n) is 4.29. The second-order valence-corrected chi connectivity index (χ2v) is 6.86. The second kappa shape index (κ2) is 6.21. The van der Waals surface area contributed by atoms with Crippen molar-refractivity contribution in [2.45, 2.75) is 6.54 Å². The first-order valence-electron chi connectivity index (χ1n) is 8.05. The Morgan fingerprint density at radius 3 is 2.29 bits per heavy atom. The van der Waals surface area contributed by atoms with Gasteiger partial charge in [0.1, 0.15) is 0 Å². The van der Waals surface area contributed by atoms with E-state index >= 15 is 0 Å². The van der Waals surface area contributed by atoms with E-state index in [0.717, 1.165) is 22.5 Å². The van der Waals surface area contributed by atoms with Gasteiger partial charge in [0.2, 0.25) is 0 Å². The van der Waals surface area contributed by atoms with Crippen LogP contribution < -0.4 is 14.0 Å². The molecule has 3 aromatic rings. The molecule has 0 unspecified atom stereocenters. The average molecular weight is 325 g/mol. The molecule has 4 nitrogen and oxygen atoms in total. The number of fused-ring (bicyclic) bond motifs is 1. The lowest BCUT2D eigenvalue weighted by Gasteiger charge is -2.22. The van der Waals surface area contributed by atoms with Crippen molar-refractivity contribution < 1.29 is 9.47 Å². The summed E-state index contributed by atoms with van der Waals surface area (Å²) >= 11 is 0. The summed E-state index contributed by atoms with van der Waals surface area (Å²) < 4.78 is 13.8. The topological polar surface area (TPSA) is 23.4 Å². The SMILES string of the molecule is COc1ccc(Cn2cc([N+](C)(C)C)c3ccccc32)cc1OC. The lowest BCUT2D eigenvalue weighted by molar-refractivity contribution is 0.354. The van der Waals surface area contributed by atoms with Gasteiger partial charge < -0.3 is 14.0 Å². The maximum absolute atomic E-state index is 5.42. The van der Waals surface area contributed by atoms with Crippen molar-refractivity contribution in [1.82, 2.24) is 9.05 Å². The maximum atomic E-state index is 5.42. The van der Waals surface area contributed by atoms with Crippen LogP contribution in [0, 0.1) is 0 Å². The smallest absolute Gasteiger partial charge is 0.161 e. The van der Waals surface area contributed by atoms with Crippen LogP contribution in [0.15, 0.2) is 48.7 Å². The van der Waals surface area contributed by atoms with Gasteiger partial charge in [0, 0.05) is 6.54 Å². The second-order valence-electron chi connectivity index (χ2n) is 6.86. The molecule has 0 saturated carbocycles. The third-order valence-corrected chi connectivity index (χ3v) is 4.29. The van der Waals surface area contributed by atoms with E-state index in [-0.39, 0.29) is 0 Å². The Labute approximate surface area is 143 Å². The number of benzene rings is 2. The molecule has 0 N–H and O–H groups in total. The summed E-state index contributed by atoms with van der Waals surface area (Å²) in [5.74, 6) is 1.52. The molecule has 0 bridgehead atoms. The number of hydrogen-bond donors (Lipinski definition) is 0. The molecular formula is C20H25N2O2+. The minimum Gasteiger partial charge on any atom is -0.493 e. The highest BCUT2D eigenvalue weighted by Crippen LogP contribution is 2.32. The molecule has 0 fully saturated rings. The monoisotopic (exact) mass is 325 g/mol. The molecule has 0 aliphatic heterocycles. The van der Waals surface area contributed by atoms with Gasteiger partial charge in [0.25, 0.3) is 0 Å². The van der Waals surface area contributed by atoms with Crippen LogP contribution >= 0.6 is 0 Å². The van der Waals surface area contributed by atoms with Gasteiger partial charge in [-0.25, -0.2) is 0 Å². The molecule has 126 valence electrons. The normalized spacial score (nSPS) is 11.7. The molecule has 1 aromatic heterocycles. The number of quaternary nitrogens is 1. The van der Waals surface area contributed by atoms with Gasteiger partial charge in [-0.15, -0.1) is 0 Å². The average Bonchev–Trinajstić information content (AvgIpc) is 2.94. The molecule has 0 radical (unpaired) electrons. The van der Waals surface area contributed by atoms with Crippen molar-refractivity contribution in [3.05, 3.63) is 54.2 Å². The molecule has 4 heteroatoms. The standard InChI is InChI=1S/C20H25N2O2/c1-22(2,3)18-14-21(17-9-7-6-8-16(17)18)13-15-10-11-19(23-4)20(12-15)24-5/h6-12,14H,13H2,1-5H3/q+1. The first-order valence-corrected chi connectivity index (χ1v) is 8.05. The Bertz CT molecular complexity index is 860. The van der Waals surface area contributed by atoms with Gasteiger partial charge in [-0.05, 0) is 29.8 Å². The van der Waals surface area contributed by atoms with Crippen LogP contribution in [0.25, 0.3) is 10.9 Å². The fourth-order valence-corrected chi connectivity index (χ4v) is 3.07. The molecule has 0 spiro atoms. The van der Waals surface area contributed by atoms with Crippen LogP contribution in [0.1, 0.15) is 5.56 Å². The Hall–Kier alpha value is -2.46. The van der Waals surface area contributed by atoms with Gasteiger partial charge >= 0.3 is 0 Å². The van der Waals surface area contributed by atoms with Crippen molar-refractivity contribution in [3.63, 3.8) is 0 Å².